The summed E-state index contributed by atoms with van der Waals surface area (Å²) in [6, 6.07) is 6.23. The highest BCUT2D eigenvalue weighted by Crippen LogP contribution is 2.26. The molecule has 118 valence electrons. The first kappa shape index (κ1) is 18.0. The Morgan fingerprint density at radius 1 is 1.33 bits per heavy atom. The number of nitrogens with one attached hydrogen (secondary N) is 2. The second kappa shape index (κ2) is 7.80. The molecule has 1 amide bonds. The molecule has 1 aromatic rings. The molecule has 0 saturated heterocycles. The van der Waals surface area contributed by atoms with Crippen molar-refractivity contribution >= 4 is 27.5 Å². The number of carbonyl (C=O) groups excluding carboxylic acids is 1. The van der Waals surface area contributed by atoms with E-state index in [2.05, 4.69) is 59.5 Å². The first-order chi connectivity index (χ1) is 9.73. The van der Waals surface area contributed by atoms with E-state index in [1.165, 1.54) is 5.56 Å². The fourth-order valence-corrected chi connectivity index (χ4v) is 2.62. The molecule has 1 aromatic carbocycles. The molecule has 2 N–H and O–H groups in total. The highest BCUT2D eigenvalue weighted by molar-refractivity contribution is 9.10. The number of carbonyl (C=O) groups is 1. The van der Waals surface area contributed by atoms with E-state index in [4.69, 9.17) is 0 Å². The lowest BCUT2D eigenvalue weighted by Gasteiger charge is -2.23. The molecule has 0 aliphatic rings. The molecule has 0 saturated carbocycles. The molecule has 0 aliphatic heterocycles. The number of likely N-dealkylation sites (N-methyl/N-ethyl adjacent to an activating group) is 2. The minimum Gasteiger partial charge on any atom is -0.364 e. The van der Waals surface area contributed by atoms with Crippen molar-refractivity contribution in [3.05, 3.63) is 28.2 Å². The predicted molar refractivity (Wildman–Crippen MR) is 92.7 cm³/mol. The van der Waals surface area contributed by atoms with Gasteiger partial charge >= 0.3 is 0 Å². The molecule has 0 spiro atoms. The maximum absolute atomic E-state index is 11.6. The fourth-order valence-electron chi connectivity index (χ4n) is 1.89. The summed E-state index contributed by atoms with van der Waals surface area (Å²) in [7, 11) is 1.92. The van der Waals surface area contributed by atoms with E-state index in [0.717, 1.165) is 16.7 Å². The van der Waals surface area contributed by atoms with Gasteiger partial charge in [-0.3, -0.25) is 4.79 Å². The Hall–Kier alpha value is -1.07. The van der Waals surface area contributed by atoms with Gasteiger partial charge in [-0.15, -0.1) is 0 Å². The Balaban J connectivity index is 2.71. The van der Waals surface area contributed by atoms with E-state index in [-0.39, 0.29) is 11.4 Å². The van der Waals surface area contributed by atoms with E-state index < -0.39 is 0 Å². The summed E-state index contributed by atoms with van der Waals surface area (Å²) in [6.07, 6.45) is 0. The van der Waals surface area contributed by atoms with Crippen LogP contribution in [-0.4, -0.2) is 31.6 Å². The first-order valence-corrected chi connectivity index (χ1v) is 8.03. The van der Waals surface area contributed by atoms with Gasteiger partial charge in [-0.25, -0.2) is 0 Å². The lowest BCUT2D eigenvalue weighted by atomic mass is 10.1. The molecule has 0 heterocycles. The second-order valence-corrected chi connectivity index (χ2v) is 7.05. The summed E-state index contributed by atoms with van der Waals surface area (Å²) >= 11 is 3.60. The third kappa shape index (κ3) is 6.48. The molecule has 4 nitrogen and oxygen atoms in total. The van der Waals surface area contributed by atoms with E-state index in [1.54, 1.807) is 0 Å². The Morgan fingerprint density at radius 2 is 2.00 bits per heavy atom. The quantitative estimate of drug-likeness (QED) is 0.824. The molecular formula is C16H26BrN3O. The molecule has 21 heavy (non-hydrogen) atoms. The van der Waals surface area contributed by atoms with Gasteiger partial charge in [-0.05, 0) is 61.3 Å². The Kier molecular flexibility index (Phi) is 6.68. The van der Waals surface area contributed by atoms with Crippen molar-refractivity contribution in [2.75, 3.05) is 25.0 Å². The van der Waals surface area contributed by atoms with E-state index in [1.807, 2.05) is 24.9 Å². The van der Waals surface area contributed by atoms with Gasteiger partial charge < -0.3 is 15.5 Å². The van der Waals surface area contributed by atoms with Crippen molar-refractivity contribution in [2.45, 2.75) is 39.8 Å². The van der Waals surface area contributed by atoms with Gasteiger partial charge in [-0.2, -0.15) is 0 Å². The number of halogens is 1. The highest BCUT2D eigenvalue weighted by atomic mass is 79.9. The summed E-state index contributed by atoms with van der Waals surface area (Å²) in [5.41, 5.74) is 2.33. The van der Waals surface area contributed by atoms with Crippen LogP contribution < -0.4 is 15.5 Å². The van der Waals surface area contributed by atoms with Crippen LogP contribution in [0.5, 0.6) is 0 Å². The van der Waals surface area contributed by atoms with Crippen molar-refractivity contribution in [3.8, 4) is 0 Å². The Morgan fingerprint density at radius 3 is 2.52 bits per heavy atom. The van der Waals surface area contributed by atoms with Crippen LogP contribution in [0.4, 0.5) is 5.69 Å². The number of anilines is 1. The van der Waals surface area contributed by atoms with Crippen LogP contribution in [0, 0.1) is 0 Å². The third-order valence-electron chi connectivity index (χ3n) is 3.00. The van der Waals surface area contributed by atoms with Gasteiger partial charge in [0.1, 0.15) is 0 Å². The summed E-state index contributed by atoms with van der Waals surface area (Å²) < 4.78 is 1.00. The summed E-state index contributed by atoms with van der Waals surface area (Å²) in [4.78, 5) is 13.6. The van der Waals surface area contributed by atoms with Crippen molar-refractivity contribution in [2.24, 2.45) is 0 Å². The van der Waals surface area contributed by atoms with Crippen LogP contribution in [0.15, 0.2) is 22.7 Å². The molecule has 1 rings (SSSR count). The van der Waals surface area contributed by atoms with Crippen LogP contribution in [-0.2, 0) is 11.3 Å². The molecule has 0 radical (unpaired) electrons. The van der Waals surface area contributed by atoms with Gasteiger partial charge in [0.2, 0.25) is 5.91 Å². The molecule has 0 aliphatic carbocycles. The van der Waals surface area contributed by atoms with Gasteiger partial charge in [0.25, 0.3) is 0 Å². The van der Waals surface area contributed by atoms with Gasteiger partial charge in [-0.1, -0.05) is 6.07 Å². The second-order valence-electron chi connectivity index (χ2n) is 6.20. The highest BCUT2D eigenvalue weighted by Gasteiger charge is 2.12. The largest absolute Gasteiger partial charge is 0.364 e. The average Bonchev–Trinajstić information content (AvgIpc) is 2.35. The zero-order valence-electron chi connectivity index (χ0n) is 13.6. The molecule has 5 heteroatoms. The number of hydrogen-bond donors (Lipinski definition) is 2. The van der Waals surface area contributed by atoms with Crippen LogP contribution >= 0.6 is 15.9 Å². The smallest absolute Gasteiger partial charge is 0.239 e. The minimum absolute atomic E-state index is 0.0328. The van der Waals surface area contributed by atoms with Crippen molar-refractivity contribution in [1.29, 1.82) is 0 Å². The number of benzene rings is 1. The van der Waals surface area contributed by atoms with Crippen LogP contribution in [0.2, 0.25) is 0 Å². The summed E-state index contributed by atoms with van der Waals surface area (Å²) in [6.45, 7) is 10.2. The summed E-state index contributed by atoms with van der Waals surface area (Å²) in [5.74, 6) is 0.0328. The van der Waals surface area contributed by atoms with E-state index >= 15 is 0 Å². The van der Waals surface area contributed by atoms with Gasteiger partial charge in [0.15, 0.2) is 0 Å². The SMILES string of the molecule is CCNC(=O)CN(C)c1ccc(CNC(C)(C)C)cc1Br. The van der Waals surface area contributed by atoms with E-state index in [0.29, 0.717) is 13.1 Å². The standard InChI is InChI=1S/C16H26BrN3O/c1-6-18-15(21)11-20(5)14-8-7-12(9-13(14)17)10-19-16(2,3)4/h7-9,19H,6,10-11H2,1-5H3,(H,18,21). The lowest BCUT2D eigenvalue weighted by molar-refractivity contribution is -0.119. The number of hydrogen-bond acceptors (Lipinski definition) is 3. The Bertz CT molecular complexity index is 483. The lowest BCUT2D eigenvalue weighted by Crippen LogP contribution is -2.35. The average molecular weight is 356 g/mol. The maximum Gasteiger partial charge on any atom is 0.239 e. The van der Waals surface area contributed by atoms with Crippen molar-refractivity contribution in [3.63, 3.8) is 0 Å². The van der Waals surface area contributed by atoms with E-state index in [9.17, 15) is 4.79 Å². The van der Waals surface area contributed by atoms with Gasteiger partial charge in [0, 0.05) is 30.1 Å². The zero-order valence-corrected chi connectivity index (χ0v) is 15.2. The maximum atomic E-state index is 11.6. The van der Waals surface area contributed by atoms with Crippen LogP contribution in [0.1, 0.15) is 33.3 Å². The molecular weight excluding hydrogens is 330 g/mol. The van der Waals surface area contributed by atoms with Crippen LogP contribution in [0.25, 0.3) is 0 Å². The molecule has 0 unspecified atom stereocenters. The molecule has 0 bridgehead atoms. The predicted octanol–water partition coefficient (Wildman–Crippen LogP) is 2.91. The van der Waals surface area contributed by atoms with Crippen molar-refractivity contribution < 1.29 is 4.79 Å². The van der Waals surface area contributed by atoms with Gasteiger partial charge in [0.05, 0.1) is 12.2 Å². The van der Waals surface area contributed by atoms with Crippen LogP contribution in [0.3, 0.4) is 0 Å². The monoisotopic (exact) mass is 355 g/mol. The zero-order chi connectivity index (χ0) is 16.0. The summed E-state index contributed by atoms with van der Waals surface area (Å²) in [5, 5.41) is 6.27. The molecule has 0 fully saturated rings. The van der Waals surface area contributed by atoms with Crippen molar-refractivity contribution in [1.82, 2.24) is 10.6 Å². The normalized spacial score (nSPS) is 11.3. The fraction of sp³-hybridized carbons (Fsp3) is 0.562. The molecule has 0 aromatic heterocycles. The number of nitrogens with zero attached hydrogens (tertiary/aromatic N) is 1. The minimum atomic E-state index is 0.0328. The first-order valence-electron chi connectivity index (χ1n) is 7.24. The Labute approximate surface area is 136 Å². The number of rotatable bonds is 6. The number of amides is 1. The topological polar surface area (TPSA) is 44.4 Å². The molecule has 0 atom stereocenters. The third-order valence-corrected chi connectivity index (χ3v) is 3.64.